The standard InChI is InChI=1S/C13H8BrFN2O3/c14-7-3-4-10(9(6-7)13(19)20)17-12(18)8-2-1-5-16-11(8)15/h1-6H,(H,17,18)(H,19,20). The Labute approximate surface area is 121 Å². The van der Waals surface area contributed by atoms with E-state index < -0.39 is 17.8 Å². The molecule has 0 aliphatic heterocycles. The Morgan fingerprint density at radius 3 is 2.65 bits per heavy atom. The van der Waals surface area contributed by atoms with E-state index in [1.54, 1.807) is 6.07 Å². The number of halogens is 2. The lowest BCUT2D eigenvalue weighted by Crippen LogP contribution is -2.16. The maximum absolute atomic E-state index is 13.4. The molecule has 0 aliphatic rings. The second-order valence-electron chi connectivity index (χ2n) is 3.79. The molecule has 0 saturated carbocycles. The number of carboxylic acid groups (broad SMARTS) is 1. The van der Waals surface area contributed by atoms with Gasteiger partial charge in [-0.2, -0.15) is 4.39 Å². The molecule has 0 bridgehead atoms. The van der Waals surface area contributed by atoms with E-state index in [1.165, 1.54) is 30.5 Å². The number of hydrogen-bond donors (Lipinski definition) is 2. The van der Waals surface area contributed by atoms with Crippen LogP contribution in [0.2, 0.25) is 0 Å². The third kappa shape index (κ3) is 3.00. The summed E-state index contributed by atoms with van der Waals surface area (Å²) in [4.78, 5) is 26.4. The first-order valence-electron chi connectivity index (χ1n) is 5.44. The van der Waals surface area contributed by atoms with Crippen molar-refractivity contribution in [2.75, 3.05) is 5.32 Å². The van der Waals surface area contributed by atoms with Crippen LogP contribution in [0.3, 0.4) is 0 Å². The van der Waals surface area contributed by atoms with E-state index in [9.17, 15) is 14.0 Å². The third-order valence-electron chi connectivity index (χ3n) is 2.46. The number of anilines is 1. The summed E-state index contributed by atoms with van der Waals surface area (Å²) in [6.45, 7) is 0. The molecule has 0 atom stereocenters. The number of hydrogen-bond acceptors (Lipinski definition) is 3. The van der Waals surface area contributed by atoms with E-state index in [2.05, 4.69) is 26.2 Å². The van der Waals surface area contributed by atoms with E-state index >= 15 is 0 Å². The Bertz CT molecular complexity index is 691. The molecule has 1 aromatic heterocycles. The maximum Gasteiger partial charge on any atom is 0.337 e. The number of carbonyl (C=O) groups excluding carboxylic acids is 1. The highest BCUT2D eigenvalue weighted by Gasteiger charge is 2.16. The van der Waals surface area contributed by atoms with Gasteiger partial charge in [0.1, 0.15) is 0 Å². The van der Waals surface area contributed by atoms with Gasteiger partial charge in [-0.3, -0.25) is 4.79 Å². The maximum atomic E-state index is 13.4. The van der Waals surface area contributed by atoms with Crippen molar-refractivity contribution in [1.29, 1.82) is 0 Å². The van der Waals surface area contributed by atoms with Crippen LogP contribution < -0.4 is 5.32 Å². The predicted octanol–water partition coefficient (Wildman–Crippen LogP) is 2.93. The Morgan fingerprint density at radius 1 is 1.25 bits per heavy atom. The number of pyridine rings is 1. The van der Waals surface area contributed by atoms with Crippen molar-refractivity contribution in [3.63, 3.8) is 0 Å². The second-order valence-corrected chi connectivity index (χ2v) is 4.71. The van der Waals surface area contributed by atoms with Crippen molar-refractivity contribution in [2.45, 2.75) is 0 Å². The quantitative estimate of drug-likeness (QED) is 0.843. The number of amides is 1. The molecule has 0 spiro atoms. The third-order valence-corrected chi connectivity index (χ3v) is 2.96. The predicted molar refractivity (Wildman–Crippen MR) is 73.2 cm³/mol. The summed E-state index contributed by atoms with van der Waals surface area (Å²) in [7, 11) is 0. The highest BCUT2D eigenvalue weighted by molar-refractivity contribution is 9.10. The van der Waals surface area contributed by atoms with Crippen LogP contribution in [0.5, 0.6) is 0 Å². The highest BCUT2D eigenvalue weighted by Crippen LogP contribution is 2.22. The molecule has 5 nitrogen and oxygen atoms in total. The summed E-state index contributed by atoms with van der Waals surface area (Å²) in [6, 6.07) is 7.01. The minimum atomic E-state index is -1.20. The molecule has 2 aromatic rings. The molecule has 7 heteroatoms. The zero-order chi connectivity index (χ0) is 14.7. The Kier molecular flexibility index (Phi) is 4.09. The average Bonchev–Trinajstić information content (AvgIpc) is 2.41. The first kappa shape index (κ1) is 14.1. The summed E-state index contributed by atoms with van der Waals surface area (Å²) in [5, 5.41) is 11.4. The van der Waals surface area contributed by atoms with Crippen molar-refractivity contribution < 1.29 is 19.1 Å². The van der Waals surface area contributed by atoms with E-state index in [-0.39, 0.29) is 16.8 Å². The van der Waals surface area contributed by atoms with Crippen LogP contribution in [-0.2, 0) is 0 Å². The molecular formula is C13H8BrFN2O3. The summed E-state index contributed by atoms with van der Waals surface area (Å²) >= 11 is 3.14. The van der Waals surface area contributed by atoms with E-state index in [0.29, 0.717) is 4.47 Å². The van der Waals surface area contributed by atoms with Gasteiger partial charge in [-0.05, 0) is 30.3 Å². The minimum Gasteiger partial charge on any atom is -0.478 e. The SMILES string of the molecule is O=C(O)c1cc(Br)ccc1NC(=O)c1cccnc1F. The van der Waals surface area contributed by atoms with Crippen LogP contribution in [0, 0.1) is 5.95 Å². The Balaban J connectivity index is 2.33. The number of aromatic nitrogens is 1. The number of carbonyl (C=O) groups is 2. The van der Waals surface area contributed by atoms with E-state index in [4.69, 9.17) is 5.11 Å². The molecule has 0 saturated heterocycles. The minimum absolute atomic E-state index is 0.0777. The van der Waals surface area contributed by atoms with Gasteiger partial charge in [-0.15, -0.1) is 0 Å². The lowest BCUT2D eigenvalue weighted by molar-refractivity contribution is 0.0698. The number of rotatable bonds is 3. The van der Waals surface area contributed by atoms with Crippen LogP contribution in [0.4, 0.5) is 10.1 Å². The molecule has 0 unspecified atom stereocenters. The largest absolute Gasteiger partial charge is 0.478 e. The molecule has 0 fully saturated rings. The monoisotopic (exact) mass is 338 g/mol. The Morgan fingerprint density at radius 2 is 2.00 bits per heavy atom. The molecule has 0 radical (unpaired) electrons. The lowest BCUT2D eigenvalue weighted by atomic mass is 10.1. The number of aromatic carboxylic acids is 1. The molecule has 1 amide bonds. The van der Waals surface area contributed by atoms with Gasteiger partial charge in [-0.25, -0.2) is 9.78 Å². The number of benzene rings is 1. The molecule has 20 heavy (non-hydrogen) atoms. The van der Waals surface area contributed by atoms with Crippen LogP contribution >= 0.6 is 15.9 Å². The second kappa shape index (κ2) is 5.79. The van der Waals surface area contributed by atoms with Crippen LogP contribution in [0.1, 0.15) is 20.7 Å². The normalized spacial score (nSPS) is 10.1. The molecule has 102 valence electrons. The summed E-state index contributed by atoms with van der Waals surface area (Å²) in [6.07, 6.45) is 1.22. The first-order valence-corrected chi connectivity index (χ1v) is 6.23. The fourth-order valence-electron chi connectivity index (χ4n) is 1.55. The average molecular weight is 339 g/mol. The van der Waals surface area contributed by atoms with Gasteiger partial charge in [0.25, 0.3) is 5.91 Å². The van der Waals surface area contributed by atoms with E-state index in [0.717, 1.165) is 0 Å². The topological polar surface area (TPSA) is 79.3 Å². The molecular weight excluding hydrogens is 331 g/mol. The van der Waals surface area contributed by atoms with Crippen LogP contribution in [0.25, 0.3) is 0 Å². The fraction of sp³-hybridized carbons (Fsp3) is 0. The zero-order valence-corrected chi connectivity index (χ0v) is 11.5. The molecule has 2 rings (SSSR count). The van der Waals surface area contributed by atoms with Gasteiger partial charge in [0.15, 0.2) is 0 Å². The van der Waals surface area contributed by atoms with Crippen molar-refractivity contribution >= 4 is 33.5 Å². The summed E-state index contributed by atoms with van der Waals surface area (Å²) in [5.74, 6) is -2.88. The summed E-state index contributed by atoms with van der Waals surface area (Å²) in [5.41, 5.74) is -0.280. The van der Waals surface area contributed by atoms with Crippen molar-refractivity contribution in [3.8, 4) is 0 Å². The first-order chi connectivity index (χ1) is 9.49. The lowest BCUT2D eigenvalue weighted by Gasteiger charge is -2.09. The molecule has 1 heterocycles. The van der Waals surface area contributed by atoms with Crippen molar-refractivity contribution in [2.24, 2.45) is 0 Å². The van der Waals surface area contributed by atoms with Gasteiger partial charge >= 0.3 is 5.97 Å². The number of carboxylic acids is 1. The molecule has 1 aromatic carbocycles. The Hall–Kier alpha value is -2.28. The number of nitrogens with zero attached hydrogens (tertiary/aromatic N) is 1. The smallest absolute Gasteiger partial charge is 0.337 e. The van der Waals surface area contributed by atoms with Gasteiger partial charge in [0.05, 0.1) is 16.8 Å². The van der Waals surface area contributed by atoms with Crippen molar-refractivity contribution in [1.82, 2.24) is 4.98 Å². The van der Waals surface area contributed by atoms with E-state index in [1.807, 2.05) is 0 Å². The molecule has 2 N–H and O–H groups in total. The van der Waals surface area contributed by atoms with Gasteiger partial charge in [-0.1, -0.05) is 15.9 Å². The number of nitrogens with one attached hydrogen (secondary N) is 1. The van der Waals surface area contributed by atoms with Crippen LogP contribution in [0.15, 0.2) is 41.0 Å². The van der Waals surface area contributed by atoms with Gasteiger partial charge in [0, 0.05) is 10.7 Å². The molecule has 0 aliphatic carbocycles. The van der Waals surface area contributed by atoms with Gasteiger partial charge in [0.2, 0.25) is 5.95 Å². The highest BCUT2D eigenvalue weighted by atomic mass is 79.9. The van der Waals surface area contributed by atoms with Crippen molar-refractivity contribution in [3.05, 3.63) is 58.1 Å². The fourth-order valence-corrected chi connectivity index (χ4v) is 1.91. The van der Waals surface area contributed by atoms with Gasteiger partial charge < -0.3 is 10.4 Å². The zero-order valence-electron chi connectivity index (χ0n) is 9.93. The van der Waals surface area contributed by atoms with Crippen LogP contribution in [-0.4, -0.2) is 22.0 Å². The summed E-state index contributed by atoms with van der Waals surface area (Å²) < 4.78 is 13.9.